The quantitative estimate of drug-likeness (QED) is 0.808. The molecule has 0 aliphatic carbocycles. The molecule has 2 rings (SSSR count). The molecule has 1 heterocycles. The van der Waals surface area contributed by atoms with Crippen molar-refractivity contribution in [2.75, 3.05) is 6.61 Å². The molecule has 0 unspecified atom stereocenters. The summed E-state index contributed by atoms with van der Waals surface area (Å²) in [6.45, 7) is -0.363. The van der Waals surface area contributed by atoms with Gasteiger partial charge in [-0.15, -0.1) is 0 Å². The minimum Gasteiger partial charge on any atom is -0.394 e. The van der Waals surface area contributed by atoms with Crippen molar-refractivity contribution in [3.63, 3.8) is 0 Å². The number of aliphatic hydroxyl groups excluding tert-OH is 1. The summed E-state index contributed by atoms with van der Waals surface area (Å²) in [5.74, 6) is 0. The third kappa shape index (κ3) is 3.51. The van der Waals surface area contributed by atoms with Crippen LogP contribution in [0.1, 0.15) is 11.6 Å². The van der Waals surface area contributed by atoms with Gasteiger partial charge in [0.15, 0.2) is 0 Å². The van der Waals surface area contributed by atoms with E-state index < -0.39 is 16.1 Å². The molecule has 0 amide bonds. The molecule has 20 heavy (non-hydrogen) atoms. The summed E-state index contributed by atoms with van der Waals surface area (Å²) in [6.07, 6.45) is 2.22. The molecule has 0 saturated heterocycles. The van der Waals surface area contributed by atoms with Crippen molar-refractivity contribution in [2.45, 2.75) is 10.9 Å². The van der Waals surface area contributed by atoms with Crippen molar-refractivity contribution in [2.24, 2.45) is 0 Å². The first-order chi connectivity index (χ1) is 9.53. The summed E-state index contributed by atoms with van der Waals surface area (Å²) in [5, 5.41) is 9.32. The maximum Gasteiger partial charge on any atom is 0.244 e. The highest BCUT2D eigenvalue weighted by Gasteiger charge is 2.21. The van der Waals surface area contributed by atoms with Crippen LogP contribution in [0.25, 0.3) is 0 Å². The Kier molecular flexibility index (Phi) is 4.66. The van der Waals surface area contributed by atoms with E-state index in [1.165, 1.54) is 0 Å². The fourth-order valence-corrected chi connectivity index (χ4v) is 2.79. The van der Waals surface area contributed by atoms with Crippen LogP contribution in [-0.2, 0) is 10.0 Å². The predicted octanol–water partition coefficient (Wildman–Crippen LogP) is 1.14. The summed E-state index contributed by atoms with van der Waals surface area (Å²) in [4.78, 5) is 7.13. The van der Waals surface area contributed by atoms with Crippen molar-refractivity contribution >= 4 is 21.6 Å². The Morgan fingerprint density at radius 2 is 1.80 bits per heavy atom. The average Bonchev–Trinajstić information content (AvgIpc) is 2.46. The molecule has 1 aromatic carbocycles. The number of nitrogens with zero attached hydrogens (tertiary/aromatic N) is 2. The van der Waals surface area contributed by atoms with Crippen molar-refractivity contribution in [1.82, 2.24) is 14.7 Å². The van der Waals surface area contributed by atoms with Gasteiger partial charge in [-0.1, -0.05) is 30.3 Å². The van der Waals surface area contributed by atoms with E-state index in [9.17, 15) is 13.5 Å². The van der Waals surface area contributed by atoms with Crippen molar-refractivity contribution < 1.29 is 13.5 Å². The molecular formula is C12H12ClN3O3S. The van der Waals surface area contributed by atoms with Gasteiger partial charge in [-0.25, -0.2) is 23.1 Å². The summed E-state index contributed by atoms with van der Waals surface area (Å²) in [7, 11) is -3.83. The number of sulfonamides is 1. The molecular weight excluding hydrogens is 302 g/mol. The van der Waals surface area contributed by atoms with E-state index in [2.05, 4.69) is 14.7 Å². The van der Waals surface area contributed by atoms with E-state index in [-0.39, 0.29) is 16.8 Å². The van der Waals surface area contributed by atoms with E-state index in [4.69, 9.17) is 11.6 Å². The Morgan fingerprint density at radius 1 is 1.20 bits per heavy atom. The molecule has 0 saturated carbocycles. The van der Waals surface area contributed by atoms with Crippen LogP contribution in [0.2, 0.25) is 5.28 Å². The number of hydrogen-bond donors (Lipinski definition) is 2. The van der Waals surface area contributed by atoms with Crippen LogP contribution in [0.4, 0.5) is 0 Å². The largest absolute Gasteiger partial charge is 0.394 e. The lowest BCUT2D eigenvalue weighted by molar-refractivity contribution is 0.259. The molecule has 0 spiro atoms. The summed E-state index contributed by atoms with van der Waals surface area (Å²) in [5.41, 5.74) is 0.661. The molecule has 1 atom stereocenters. The third-order valence-corrected chi connectivity index (χ3v) is 4.21. The number of rotatable bonds is 5. The maximum absolute atomic E-state index is 12.1. The summed E-state index contributed by atoms with van der Waals surface area (Å²) >= 11 is 5.51. The number of nitrogens with one attached hydrogen (secondary N) is 1. The SMILES string of the molecule is O=S(=O)(N[C@@H](CO)c1ccccc1)c1cnc(Cl)nc1. The average molecular weight is 314 g/mol. The fourth-order valence-electron chi connectivity index (χ4n) is 1.59. The van der Waals surface area contributed by atoms with Crippen LogP contribution in [-0.4, -0.2) is 30.1 Å². The highest BCUT2D eigenvalue weighted by Crippen LogP contribution is 2.16. The van der Waals surface area contributed by atoms with Crippen LogP contribution in [0.5, 0.6) is 0 Å². The van der Waals surface area contributed by atoms with E-state index in [1.54, 1.807) is 30.3 Å². The van der Waals surface area contributed by atoms with Gasteiger partial charge in [-0.05, 0) is 17.2 Å². The topological polar surface area (TPSA) is 92.2 Å². The van der Waals surface area contributed by atoms with Gasteiger partial charge in [0, 0.05) is 0 Å². The van der Waals surface area contributed by atoms with Crippen LogP contribution in [0.3, 0.4) is 0 Å². The zero-order valence-corrected chi connectivity index (χ0v) is 11.8. The van der Waals surface area contributed by atoms with Crippen LogP contribution < -0.4 is 4.72 Å². The molecule has 0 aliphatic rings. The first-order valence-corrected chi connectivity index (χ1v) is 7.55. The van der Waals surface area contributed by atoms with Gasteiger partial charge in [0.25, 0.3) is 0 Å². The maximum atomic E-state index is 12.1. The highest BCUT2D eigenvalue weighted by molar-refractivity contribution is 7.89. The van der Waals surface area contributed by atoms with Crippen molar-refractivity contribution in [1.29, 1.82) is 0 Å². The number of benzene rings is 1. The van der Waals surface area contributed by atoms with Gasteiger partial charge < -0.3 is 5.11 Å². The van der Waals surface area contributed by atoms with E-state index in [1.807, 2.05) is 0 Å². The zero-order chi connectivity index (χ0) is 14.6. The molecule has 106 valence electrons. The van der Waals surface area contributed by atoms with Gasteiger partial charge in [-0.2, -0.15) is 0 Å². The molecule has 2 aromatic rings. The summed E-state index contributed by atoms with van der Waals surface area (Å²) in [6, 6.07) is 8.04. The lowest BCUT2D eigenvalue weighted by atomic mass is 10.1. The number of hydrogen-bond acceptors (Lipinski definition) is 5. The van der Waals surface area contributed by atoms with E-state index in [0.29, 0.717) is 5.56 Å². The van der Waals surface area contributed by atoms with Gasteiger partial charge in [-0.3, -0.25) is 0 Å². The molecule has 1 aromatic heterocycles. The smallest absolute Gasteiger partial charge is 0.244 e. The normalized spacial score (nSPS) is 13.1. The monoisotopic (exact) mass is 313 g/mol. The van der Waals surface area contributed by atoms with E-state index >= 15 is 0 Å². The van der Waals surface area contributed by atoms with Gasteiger partial charge >= 0.3 is 0 Å². The zero-order valence-electron chi connectivity index (χ0n) is 10.3. The van der Waals surface area contributed by atoms with Gasteiger partial charge in [0.2, 0.25) is 15.3 Å². The predicted molar refractivity (Wildman–Crippen MR) is 73.6 cm³/mol. The summed E-state index contributed by atoms with van der Waals surface area (Å²) < 4.78 is 26.7. The Morgan fingerprint density at radius 3 is 2.35 bits per heavy atom. The molecule has 6 nitrogen and oxygen atoms in total. The Labute approximate surface area is 121 Å². The second-order valence-electron chi connectivity index (χ2n) is 3.95. The number of halogens is 1. The number of aromatic nitrogens is 2. The lowest BCUT2D eigenvalue weighted by Gasteiger charge is -2.16. The first-order valence-electron chi connectivity index (χ1n) is 5.68. The minimum absolute atomic E-state index is 0.0364. The first kappa shape index (κ1) is 14.9. The third-order valence-electron chi connectivity index (χ3n) is 2.59. The van der Waals surface area contributed by atoms with Gasteiger partial charge in [0.1, 0.15) is 4.90 Å². The van der Waals surface area contributed by atoms with Crippen molar-refractivity contribution in [3.05, 3.63) is 53.6 Å². The standard InChI is InChI=1S/C12H12ClN3O3S/c13-12-14-6-10(7-15-12)20(18,19)16-11(8-17)9-4-2-1-3-5-9/h1-7,11,16-17H,8H2/t11-/m0/s1. The van der Waals surface area contributed by atoms with Crippen molar-refractivity contribution in [3.8, 4) is 0 Å². The molecule has 0 bridgehead atoms. The Bertz CT molecular complexity index is 662. The second-order valence-corrected chi connectivity index (χ2v) is 6.01. The van der Waals surface area contributed by atoms with Crippen LogP contribution in [0.15, 0.2) is 47.6 Å². The molecule has 2 N–H and O–H groups in total. The molecule has 8 heteroatoms. The van der Waals surface area contributed by atoms with Crippen LogP contribution >= 0.6 is 11.6 Å². The molecule has 0 fully saturated rings. The molecule has 0 radical (unpaired) electrons. The lowest BCUT2D eigenvalue weighted by Crippen LogP contribution is -2.31. The highest BCUT2D eigenvalue weighted by atomic mass is 35.5. The Balaban J connectivity index is 2.24. The number of aliphatic hydroxyl groups is 1. The van der Waals surface area contributed by atoms with Crippen LogP contribution in [0, 0.1) is 0 Å². The molecule has 0 aliphatic heterocycles. The van der Waals surface area contributed by atoms with Gasteiger partial charge in [0.05, 0.1) is 25.0 Å². The minimum atomic E-state index is -3.83. The second kappa shape index (κ2) is 6.27. The fraction of sp³-hybridized carbons (Fsp3) is 0.167. The Hall–Kier alpha value is -1.54. The van der Waals surface area contributed by atoms with E-state index in [0.717, 1.165) is 12.4 Å².